The molecule has 74 heavy (non-hydrogen) atoms. The molecule has 8 nitrogen and oxygen atoms in total. The van der Waals surface area contributed by atoms with Gasteiger partial charge in [-0.2, -0.15) is 0 Å². The SMILES string of the molecule is CC(=Nc1c(C(C)C)cccc1C(C)C)N1C=NCCC1.CC(=Nc1c(C(C)C)cccc1C(C)C)N1C=[N+](C(C)=Nc2c(C(C)C)cccc2C(C)C)CCC1.CC(Cl)=Nc1c(C(C)C)cccc1C(C)C.[2HH].[Cl-]. The topological polar surface area (TPSA) is 71.3 Å². The summed E-state index contributed by atoms with van der Waals surface area (Å²) in [5.41, 5.74) is 15.0. The molecular formula is C64H96Cl2N8. The van der Waals surface area contributed by atoms with Gasteiger partial charge in [0, 0.05) is 34.8 Å². The normalized spacial score (nSPS) is 14.9. The molecule has 0 spiro atoms. The van der Waals surface area contributed by atoms with Gasteiger partial charge in [-0.05, 0) is 112 Å². The summed E-state index contributed by atoms with van der Waals surface area (Å²) in [6.07, 6.45) is 6.31. The molecule has 0 aliphatic carbocycles. The lowest BCUT2D eigenvalue weighted by Gasteiger charge is -2.23. The summed E-state index contributed by atoms with van der Waals surface area (Å²) >= 11 is 5.92. The highest BCUT2D eigenvalue weighted by Gasteiger charge is 2.24. The van der Waals surface area contributed by atoms with Gasteiger partial charge in [0.25, 0.3) is 0 Å². The van der Waals surface area contributed by atoms with Crippen LogP contribution >= 0.6 is 11.6 Å². The molecule has 0 saturated heterocycles. The number of aliphatic imine (C=N–C) groups is 5. The first-order valence-electron chi connectivity index (χ1n) is 27.5. The third-order valence-electron chi connectivity index (χ3n) is 13.7. The van der Waals surface area contributed by atoms with E-state index < -0.39 is 0 Å². The van der Waals surface area contributed by atoms with E-state index in [1.165, 1.54) is 44.5 Å². The van der Waals surface area contributed by atoms with Crippen molar-refractivity contribution in [2.45, 2.75) is 199 Å². The first-order chi connectivity index (χ1) is 34.4. The average Bonchev–Trinajstić information content (AvgIpc) is 3.34. The minimum atomic E-state index is 0. The number of hydrogen-bond donors (Lipinski definition) is 0. The van der Waals surface area contributed by atoms with Crippen molar-refractivity contribution in [1.82, 2.24) is 9.80 Å². The Kier molecular flexibility index (Phi) is 25.7. The van der Waals surface area contributed by atoms with E-state index in [1.807, 2.05) is 13.3 Å². The molecule has 0 saturated carbocycles. The van der Waals surface area contributed by atoms with Gasteiger partial charge in [-0.1, -0.05) is 195 Å². The Bertz CT molecular complexity index is 2520. The molecule has 4 aromatic rings. The van der Waals surface area contributed by atoms with Gasteiger partial charge >= 0.3 is 0 Å². The van der Waals surface area contributed by atoms with E-state index >= 15 is 0 Å². The zero-order valence-corrected chi connectivity index (χ0v) is 50.8. The molecule has 0 aromatic heterocycles. The van der Waals surface area contributed by atoms with E-state index in [1.54, 1.807) is 0 Å². The second kappa shape index (κ2) is 30.0. The minimum Gasteiger partial charge on any atom is -1.00 e. The average molecular weight is 1050 g/mol. The largest absolute Gasteiger partial charge is 1.00 e. The van der Waals surface area contributed by atoms with E-state index in [0.29, 0.717) is 52.5 Å². The van der Waals surface area contributed by atoms with Crippen molar-refractivity contribution in [1.29, 1.82) is 0 Å². The molecule has 2 heterocycles. The maximum atomic E-state index is 5.92. The van der Waals surface area contributed by atoms with E-state index in [0.717, 1.165) is 79.3 Å². The third kappa shape index (κ3) is 17.6. The predicted octanol–water partition coefficient (Wildman–Crippen LogP) is 15.9. The number of hydrogen-bond acceptors (Lipinski definition) is 5. The number of para-hydroxylation sites is 4. The molecule has 0 amide bonds. The Morgan fingerprint density at radius 3 is 1.05 bits per heavy atom. The maximum Gasteiger partial charge on any atom is 0.235 e. The number of nitrogens with zero attached hydrogens (tertiary/aromatic N) is 8. The van der Waals surface area contributed by atoms with Crippen molar-refractivity contribution < 1.29 is 18.4 Å². The van der Waals surface area contributed by atoms with Gasteiger partial charge in [0.1, 0.15) is 16.7 Å². The second-order valence-corrected chi connectivity index (χ2v) is 22.9. The molecule has 0 atom stereocenters. The summed E-state index contributed by atoms with van der Waals surface area (Å²) in [5.74, 6) is 6.72. The van der Waals surface area contributed by atoms with Crippen molar-refractivity contribution in [3.63, 3.8) is 0 Å². The summed E-state index contributed by atoms with van der Waals surface area (Å²) in [6.45, 7) is 47.8. The first-order valence-corrected chi connectivity index (χ1v) is 27.8. The number of amidine groups is 3. The molecule has 0 N–H and O–H groups in total. The van der Waals surface area contributed by atoms with Crippen LogP contribution in [0, 0.1) is 0 Å². The zero-order chi connectivity index (χ0) is 54.3. The van der Waals surface area contributed by atoms with Crippen LogP contribution in [0.3, 0.4) is 0 Å². The lowest BCUT2D eigenvalue weighted by molar-refractivity contribution is -0.415. The van der Waals surface area contributed by atoms with Gasteiger partial charge in [-0.3, -0.25) is 9.89 Å². The Morgan fingerprint density at radius 1 is 0.459 bits per heavy atom. The van der Waals surface area contributed by atoms with Crippen molar-refractivity contribution in [2.24, 2.45) is 25.0 Å². The Balaban J connectivity index is 0.000000419. The number of benzene rings is 4. The zero-order valence-electron chi connectivity index (χ0n) is 49.3. The van der Waals surface area contributed by atoms with E-state index in [4.69, 9.17) is 26.6 Å². The molecule has 2 aliphatic heterocycles. The van der Waals surface area contributed by atoms with Crippen LogP contribution in [0.5, 0.6) is 0 Å². The number of halogens is 2. The monoisotopic (exact) mass is 1050 g/mol. The molecule has 0 unspecified atom stereocenters. The Morgan fingerprint density at radius 2 is 0.757 bits per heavy atom. The van der Waals surface area contributed by atoms with Gasteiger partial charge in [0.2, 0.25) is 5.84 Å². The summed E-state index contributed by atoms with van der Waals surface area (Å²) < 4.78 is 2.29. The van der Waals surface area contributed by atoms with Gasteiger partial charge in [-0.25, -0.2) is 19.6 Å². The molecule has 4 aromatic carbocycles. The fourth-order valence-corrected chi connectivity index (χ4v) is 9.46. The van der Waals surface area contributed by atoms with Gasteiger partial charge in [-0.15, -0.1) is 4.99 Å². The fraction of sp³-hybridized carbons (Fsp3) is 0.531. The van der Waals surface area contributed by atoms with Crippen LogP contribution in [0.25, 0.3) is 0 Å². The van der Waals surface area contributed by atoms with Crippen LogP contribution in [-0.2, 0) is 0 Å². The number of rotatable bonds is 12. The summed E-state index contributed by atoms with van der Waals surface area (Å²) in [5, 5.41) is 0.593. The minimum absolute atomic E-state index is 0. The standard InChI is InChI=1S/C32H47N4.C18H27N3.C14H20ClN.ClH.H2/c1-21(2)27-14-11-15-28(22(3)4)31(27)33-25(9)35-18-13-19-36(20-35)26(10)34-32-29(23(5)6)16-12-17-30(32)24(7)8;1-13(2)16-8-6-9-17(14(3)4)18(16)20-15(5)21-11-7-10-19-12-21;1-9(2)12-7-6-8-13(10(3)4)14(12)16-11(5)15;;/h11-12,14-17,20-24H,13,18-19H2,1-10H3;6,8-9,12-14H,7,10-11H2,1-5H3;6-10H,1-5H3;2*1H/q+1;;;;/p-1/i;;;;1+1. The summed E-state index contributed by atoms with van der Waals surface area (Å²) in [4.78, 5) is 28.7. The van der Waals surface area contributed by atoms with Crippen LogP contribution in [0.15, 0.2) is 97.8 Å². The van der Waals surface area contributed by atoms with E-state index in [-0.39, 0.29) is 13.8 Å². The van der Waals surface area contributed by atoms with Crippen LogP contribution in [0.4, 0.5) is 22.7 Å². The molecule has 0 radical (unpaired) electrons. The van der Waals surface area contributed by atoms with Gasteiger partial charge in [0.05, 0.1) is 36.5 Å². The third-order valence-corrected chi connectivity index (χ3v) is 13.8. The van der Waals surface area contributed by atoms with Crippen LogP contribution in [0.2, 0.25) is 0 Å². The molecule has 6 rings (SSSR count). The lowest BCUT2D eigenvalue weighted by atomic mass is 9.93. The molecule has 10 heteroatoms. The van der Waals surface area contributed by atoms with Gasteiger partial charge < -0.3 is 17.3 Å². The highest BCUT2D eigenvalue weighted by molar-refractivity contribution is 6.65. The lowest BCUT2D eigenvalue weighted by Crippen LogP contribution is -3.00. The molecular weight excluding hydrogens is 952 g/mol. The van der Waals surface area contributed by atoms with Crippen LogP contribution < -0.4 is 12.4 Å². The van der Waals surface area contributed by atoms with E-state index in [2.05, 4.69) is 235 Å². The Labute approximate surface area is 462 Å². The quantitative estimate of drug-likeness (QED) is 0.0806. The summed E-state index contributed by atoms with van der Waals surface area (Å²) in [7, 11) is 0. The van der Waals surface area contributed by atoms with Crippen molar-refractivity contribution in [3.8, 4) is 0 Å². The van der Waals surface area contributed by atoms with Crippen molar-refractivity contribution in [3.05, 3.63) is 117 Å². The molecule has 2 aliphatic rings. The maximum absolute atomic E-state index is 5.92. The smallest absolute Gasteiger partial charge is 0.235 e. The van der Waals surface area contributed by atoms with Crippen molar-refractivity contribution in [2.75, 3.05) is 26.2 Å². The first kappa shape index (κ1) is 63.4. The highest BCUT2D eigenvalue weighted by atomic mass is 35.5. The molecule has 406 valence electrons. The summed E-state index contributed by atoms with van der Waals surface area (Å²) in [6, 6.07) is 26.2. The predicted molar refractivity (Wildman–Crippen MR) is 325 cm³/mol. The fourth-order valence-electron chi connectivity index (χ4n) is 9.37. The van der Waals surface area contributed by atoms with Crippen LogP contribution in [-0.4, -0.2) is 75.9 Å². The van der Waals surface area contributed by atoms with Gasteiger partial charge in [0.15, 0.2) is 12.2 Å². The Hall–Kier alpha value is -4.92. The second-order valence-electron chi connectivity index (χ2n) is 22.4. The van der Waals surface area contributed by atoms with Crippen molar-refractivity contribution >= 4 is 69.7 Å². The molecule has 0 fully saturated rings. The van der Waals surface area contributed by atoms with E-state index in [9.17, 15) is 0 Å². The molecule has 0 bridgehead atoms. The van der Waals surface area contributed by atoms with Crippen LogP contribution in [0.1, 0.15) is 245 Å². The highest BCUT2D eigenvalue weighted by Crippen LogP contribution is 2.39.